The summed E-state index contributed by atoms with van der Waals surface area (Å²) in [5.41, 5.74) is 15.8. The van der Waals surface area contributed by atoms with E-state index in [4.69, 9.17) is 11.5 Å². The van der Waals surface area contributed by atoms with Crippen molar-refractivity contribution in [3.05, 3.63) is 97.3 Å². The SMILES string of the molecule is CC(C(=O)C(C)N1CCN(c2cc(-n3nc(Nc4ccccc4)nc3N)ccn2)CC1)N1CCN(c2cc(-n3nc(Nc4ccccc4)nc3N)ccn2)CC1. The molecule has 2 unspecified atom stereocenters. The van der Waals surface area contributed by atoms with Crippen LogP contribution in [0.1, 0.15) is 13.8 Å². The third-order valence-corrected chi connectivity index (χ3v) is 10.5. The van der Waals surface area contributed by atoms with Gasteiger partial charge in [-0.05, 0) is 50.2 Å². The first kappa shape index (κ1) is 36.4. The number of nitrogens with two attached hydrogens (primary N) is 2. The molecule has 8 rings (SSSR count). The van der Waals surface area contributed by atoms with Crippen LogP contribution in [0.25, 0.3) is 11.4 Å². The highest BCUT2D eigenvalue weighted by atomic mass is 16.1. The monoisotopic (exact) mass is 754 g/mol. The minimum atomic E-state index is -0.206. The second kappa shape index (κ2) is 16.0. The van der Waals surface area contributed by atoms with E-state index in [0.717, 1.165) is 86.7 Å². The van der Waals surface area contributed by atoms with E-state index in [2.05, 4.69) is 60.4 Å². The van der Waals surface area contributed by atoms with Crippen molar-refractivity contribution >= 4 is 52.6 Å². The van der Waals surface area contributed by atoms with Gasteiger partial charge < -0.3 is 31.9 Å². The molecule has 6 aromatic rings. The van der Waals surface area contributed by atoms with Gasteiger partial charge in [0.15, 0.2) is 5.78 Å². The summed E-state index contributed by atoms with van der Waals surface area (Å²) in [5.74, 6) is 3.27. The highest BCUT2D eigenvalue weighted by molar-refractivity contribution is 5.88. The molecule has 0 spiro atoms. The smallest absolute Gasteiger partial charge is 0.248 e. The van der Waals surface area contributed by atoms with Crippen LogP contribution in [0.15, 0.2) is 97.3 Å². The number of piperazine rings is 2. The number of ketones is 1. The van der Waals surface area contributed by atoms with Crippen LogP contribution in [0.4, 0.5) is 46.8 Å². The molecule has 0 bridgehead atoms. The van der Waals surface area contributed by atoms with Crippen molar-refractivity contribution in [2.24, 2.45) is 0 Å². The normalized spacial score (nSPS) is 16.4. The van der Waals surface area contributed by atoms with Crippen LogP contribution in [-0.4, -0.2) is 120 Å². The number of rotatable bonds is 12. The summed E-state index contributed by atoms with van der Waals surface area (Å²) in [6.45, 7) is 10.0. The number of anilines is 8. The Labute approximate surface area is 325 Å². The molecule has 288 valence electrons. The molecule has 56 heavy (non-hydrogen) atoms. The number of benzene rings is 2. The number of nitrogen functional groups attached to an aromatic ring is 2. The van der Waals surface area contributed by atoms with E-state index >= 15 is 0 Å². The summed E-state index contributed by atoms with van der Waals surface area (Å²) in [6, 6.07) is 26.7. The Bertz CT molecular complexity index is 2090. The minimum Gasteiger partial charge on any atom is -0.368 e. The zero-order valence-electron chi connectivity index (χ0n) is 31.5. The van der Waals surface area contributed by atoms with Gasteiger partial charge in [0, 0.05) is 88.3 Å². The molecule has 6 N–H and O–H groups in total. The van der Waals surface area contributed by atoms with Crippen molar-refractivity contribution in [2.75, 3.05) is 84.3 Å². The maximum Gasteiger partial charge on any atom is 0.248 e. The van der Waals surface area contributed by atoms with Crippen molar-refractivity contribution in [2.45, 2.75) is 25.9 Å². The van der Waals surface area contributed by atoms with Gasteiger partial charge >= 0.3 is 0 Å². The van der Waals surface area contributed by atoms with Gasteiger partial charge in [-0.3, -0.25) is 14.6 Å². The van der Waals surface area contributed by atoms with E-state index in [1.54, 1.807) is 21.8 Å². The van der Waals surface area contributed by atoms with Crippen molar-refractivity contribution in [1.82, 2.24) is 49.3 Å². The highest BCUT2D eigenvalue weighted by Crippen LogP contribution is 2.24. The third kappa shape index (κ3) is 7.94. The fourth-order valence-corrected chi connectivity index (χ4v) is 7.25. The Morgan fingerprint density at radius 3 is 1.38 bits per heavy atom. The van der Waals surface area contributed by atoms with Crippen LogP contribution in [0, 0.1) is 0 Å². The zero-order chi connectivity index (χ0) is 38.6. The topological polar surface area (TPSA) is 193 Å². The second-order valence-corrected chi connectivity index (χ2v) is 13.9. The number of carbonyl (C=O) groups is 1. The molecule has 0 saturated carbocycles. The lowest BCUT2D eigenvalue weighted by atomic mass is 10.0. The molecular formula is C39H46N16O. The van der Waals surface area contributed by atoms with E-state index in [1.807, 2.05) is 98.8 Å². The maximum absolute atomic E-state index is 13.8. The largest absolute Gasteiger partial charge is 0.368 e. The summed E-state index contributed by atoms with van der Waals surface area (Å²) in [5, 5.41) is 15.5. The van der Waals surface area contributed by atoms with Gasteiger partial charge in [0.2, 0.25) is 23.8 Å². The summed E-state index contributed by atoms with van der Waals surface area (Å²) in [6.07, 6.45) is 3.52. The van der Waals surface area contributed by atoms with Gasteiger partial charge in [-0.25, -0.2) is 9.97 Å². The second-order valence-electron chi connectivity index (χ2n) is 13.9. The number of hydrogen-bond acceptors (Lipinski definition) is 15. The van der Waals surface area contributed by atoms with Crippen LogP contribution >= 0.6 is 0 Å². The Kier molecular flexibility index (Phi) is 10.4. The van der Waals surface area contributed by atoms with Gasteiger partial charge in [-0.2, -0.15) is 19.3 Å². The number of aromatic nitrogens is 8. The molecule has 2 fully saturated rings. The molecule has 17 heteroatoms. The lowest BCUT2D eigenvalue weighted by Gasteiger charge is -2.41. The standard InChI is InChI=1S/C39H46N16O/c1-27(50-17-21-52(22-18-50)33-25-31(13-15-42-33)54-36(40)46-38(48-54)44-29-9-5-3-6-10-29)35(56)28(2)51-19-23-53(24-20-51)34-26-32(14-16-43-34)55-37(41)47-39(49-55)45-30-11-7-4-8-12-30/h3-16,25-28H,17-24H2,1-2H3,(H3,40,44,46,48)(H3,41,45,47,49). The number of nitrogens with one attached hydrogen (secondary N) is 2. The van der Waals surface area contributed by atoms with Crippen molar-refractivity contribution < 1.29 is 4.79 Å². The van der Waals surface area contributed by atoms with Crippen molar-refractivity contribution in [1.29, 1.82) is 0 Å². The summed E-state index contributed by atoms with van der Waals surface area (Å²) < 4.78 is 3.22. The molecular weight excluding hydrogens is 709 g/mol. The summed E-state index contributed by atoms with van der Waals surface area (Å²) >= 11 is 0. The molecule has 2 aliphatic heterocycles. The third-order valence-electron chi connectivity index (χ3n) is 10.5. The van der Waals surface area contributed by atoms with Gasteiger partial charge in [-0.15, -0.1) is 10.2 Å². The predicted octanol–water partition coefficient (Wildman–Crippen LogP) is 3.58. The van der Waals surface area contributed by atoms with Crippen LogP contribution < -0.4 is 31.9 Å². The Balaban J connectivity index is 0.831. The van der Waals surface area contributed by atoms with Gasteiger partial charge in [-0.1, -0.05) is 36.4 Å². The first-order chi connectivity index (χ1) is 27.3. The molecule has 2 aromatic carbocycles. The maximum atomic E-state index is 13.8. The number of para-hydroxylation sites is 2. The number of hydrogen-bond donors (Lipinski definition) is 4. The van der Waals surface area contributed by atoms with Crippen LogP contribution in [0.5, 0.6) is 0 Å². The summed E-state index contributed by atoms with van der Waals surface area (Å²) in [7, 11) is 0. The van der Waals surface area contributed by atoms with Crippen LogP contribution in [0.2, 0.25) is 0 Å². The molecule has 0 aliphatic carbocycles. The van der Waals surface area contributed by atoms with E-state index in [0.29, 0.717) is 11.9 Å². The molecule has 0 radical (unpaired) electrons. The fourth-order valence-electron chi connectivity index (χ4n) is 7.25. The van der Waals surface area contributed by atoms with E-state index in [9.17, 15) is 4.79 Å². The molecule has 17 nitrogen and oxygen atoms in total. The number of carbonyl (C=O) groups excluding carboxylic acids is 1. The fraction of sp³-hybridized carbons (Fsp3) is 0.308. The first-order valence-electron chi connectivity index (χ1n) is 18.8. The molecule has 4 aromatic heterocycles. The van der Waals surface area contributed by atoms with Crippen molar-refractivity contribution in [3.8, 4) is 11.4 Å². The van der Waals surface area contributed by atoms with E-state index in [1.165, 1.54) is 0 Å². The van der Waals surface area contributed by atoms with Gasteiger partial charge in [0.25, 0.3) is 0 Å². The van der Waals surface area contributed by atoms with Crippen LogP contribution in [-0.2, 0) is 4.79 Å². The summed E-state index contributed by atoms with van der Waals surface area (Å²) in [4.78, 5) is 40.9. The Hall–Kier alpha value is -6.59. The first-order valence-corrected chi connectivity index (χ1v) is 18.8. The lowest BCUT2D eigenvalue weighted by molar-refractivity contribution is -0.128. The number of pyridine rings is 2. The Morgan fingerprint density at radius 1 is 0.589 bits per heavy atom. The molecule has 6 heterocycles. The average Bonchev–Trinajstić information content (AvgIpc) is 3.81. The molecule has 0 amide bonds. The Morgan fingerprint density at radius 2 is 0.982 bits per heavy atom. The predicted molar refractivity (Wildman–Crippen MR) is 218 cm³/mol. The molecule has 2 atom stereocenters. The number of nitrogens with zero attached hydrogens (tertiary/aromatic N) is 12. The molecule has 2 saturated heterocycles. The van der Waals surface area contributed by atoms with E-state index in [-0.39, 0.29) is 29.8 Å². The van der Waals surface area contributed by atoms with Crippen LogP contribution in [0.3, 0.4) is 0 Å². The van der Waals surface area contributed by atoms with Gasteiger partial charge in [0.05, 0.1) is 23.5 Å². The van der Waals surface area contributed by atoms with E-state index < -0.39 is 0 Å². The van der Waals surface area contributed by atoms with Crippen molar-refractivity contribution in [3.63, 3.8) is 0 Å². The zero-order valence-corrected chi connectivity index (χ0v) is 31.5. The number of Topliss-reactive ketones (excluding diaryl/α,β-unsaturated/α-hetero) is 1. The highest BCUT2D eigenvalue weighted by Gasteiger charge is 2.33. The lowest BCUT2D eigenvalue weighted by Crippen LogP contribution is -2.57. The van der Waals surface area contributed by atoms with Gasteiger partial charge in [0.1, 0.15) is 11.6 Å². The average molecular weight is 755 g/mol. The molecule has 2 aliphatic rings. The quantitative estimate of drug-likeness (QED) is 0.142. The minimum absolute atomic E-state index is 0.206.